The molecule has 0 aliphatic carbocycles. The maximum Gasteiger partial charge on any atom is 0.270 e. The Bertz CT molecular complexity index is 1240. The van der Waals surface area contributed by atoms with E-state index in [1.54, 1.807) is 30.7 Å². The lowest BCUT2D eigenvalue weighted by Gasteiger charge is -2.17. The zero-order valence-electron chi connectivity index (χ0n) is 16.4. The Labute approximate surface area is 183 Å². The number of pyridine rings is 1. The highest BCUT2D eigenvalue weighted by Gasteiger charge is 2.23. The Morgan fingerprint density at radius 1 is 1.16 bits per heavy atom. The molecule has 0 fully saturated rings. The maximum atomic E-state index is 12.8. The van der Waals surface area contributed by atoms with Crippen molar-refractivity contribution in [3.63, 3.8) is 0 Å². The van der Waals surface area contributed by atoms with Gasteiger partial charge in [0.15, 0.2) is 0 Å². The Morgan fingerprint density at radius 3 is 2.71 bits per heavy atom. The maximum absolute atomic E-state index is 12.8. The zero-order valence-corrected chi connectivity index (χ0v) is 17.2. The predicted molar refractivity (Wildman–Crippen MR) is 119 cm³/mol. The molecule has 1 amide bonds. The summed E-state index contributed by atoms with van der Waals surface area (Å²) in [6, 6.07) is 15.7. The third kappa shape index (κ3) is 4.73. The van der Waals surface area contributed by atoms with Crippen LogP contribution in [0, 0.1) is 10.1 Å². The number of non-ortho nitro benzene ring substituents is 1. The average Bonchev–Trinajstić information content (AvgIpc) is 3.19. The molecule has 0 aliphatic rings. The summed E-state index contributed by atoms with van der Waals surface area (Å²) in [5.74, 6) is -0.464. The van der Waals surface area contributed by atoms with Crippen LogP contribution in [0.25, 0.3) is 10.9 Å². The van der Waals surface area contributed by atoms with Gasteiger partial charge in [0.1, 0.15) is 0 Å². The number of carbonyl (C=O) groups excluding carboxylic acids is 1. The van der Waals surface area contributed by atoms with Crippen LogP contribution in [0.1, 0.15) is 29.0 Å². The molecule has 0 aliphatic heterocycles. The molecular weight excluding hydrogens is 416 g/mol. The largest absolute Gasteiger partial charge is 0.361 e. The summed E-state index contributed by atoms with van der Waals surface area (Å²) in [5.41, 5.74) is 3.38. The molecule has 2 aromatic carbocycles. The molecule has 0 radical (unpaired) electrons. The number of nitro benzene ring substituents is 1. The Hall–Kier alpha value is -3.71. The van der Waals surface area contributed by atoms with Crippen LogP contribution in [0.2, 0.25) is 5.02 Å². The summed E-state index contributed by atoms with van der Waals surface area (Å²) in [4.78, 5) is 30.8. The summed E-state index contributed by atoms with van der Waals surface area (Å²) in [6.07, 6.45) is 5.32. The van der Waals surface area contributed by atoms with Gasteiger partial charge < -0.3 is 10.3 Å². The first kappa shape index (κ1) is 20.6. The van der Waals surface area contributed by atoms with Crippen LogP contribution in [0.15, 0.2) is 73.2 Å². The van der Waals surface area contributed by atoms with Gasteiger partial charge in [-0.25, -0.2) is 0 Å². The summed E-state index contributed by atoms with van der Waals surface area (Å²) in [7, 11) is 0. The molecule has 2 N–H and O–H groups in total. The number of hydrogen-bond acceptors (Lipinski definition) is 4. The van der Waals surface area contributed by atoms with Crippen molar-refractivity contribution in [1.29, 1.82) is 0 Å². The number of hydrogen-bond donors (Lipinski definition) is 2. The quantitative estimate of drug-likeness (QED) is 0.317. The fourth-order valence-electron chi connectivity index (χ4n) is 3.62. The van der Waals surface area contributed by atoms with Gasteiger partial charge in [-0.2, -0.15) is 0 Å². The van der Waals surface area contributed by atoms with E-state index in [1.807, 2.05) is 30.3 Å². The molecule has 4 aromatic rings. The van der Waals surface area contributed by atoms with Crippen LogP contribution in [0.5, 0.6) is 0 Å². The molecular formula is C23H19ClN4O3. The lowest BCUT2D eigenvalue weighted by molar-refractivity contribution is -0.384. The van der Waals surface area contributed by atoms with Gasteiger partial charge in [-0.3, -0.25) is 19.9 Å². The second-order valence-electron chi connectivity index (χ2n) is 7.17. The summed E-state index contributed by atoms with van der Waals surface area (Å²) in [6.45, 7) is 0.392. The van der Waals surface area contributed by atoms with Crippen molar-refractivity contribution in [3.05, 3.63) is 105 Å². The minimum atomic E-state index is -0.425. The number of benzene rings is 2. The van der Waals surface area contributed by atoms with Gasteiger partial charge in [0.05, 0.1) is 4.92 Å². The van der Waals surface area contributed by atoms with Crippen LogP contribution in [0.4, 0.5) is 5.69 Å². The number of H-pyrrole nitrogens is 1. The van der Waals surface area contributed by atoms with E-state index in [2.05, 4.69) is 15.3 Å². The van der Waals surface area contributed by atoms with E-state index < -0.39 is 4.92 Å². The lowest BCUT2D eigenvalue weighted by Crippen LogP contribution is -2.25. The summed E-state index contributed by atoms with van der Waals surface area (Å²) < 4.78 is 0. The number of carbonyl (C=O) groups is 1. The predicted octanol–water partition coefficient (Wildman–Crippen LogP) is 4.96. The molecule has 0 spiro atoms. The van der Waals surface area contributed by atoms with E-state index >= 15 is 0 Å². The fourth-order valence-corrected chi connectivity index (χ4v) is 3.82. The number of rotatable bonds is 7. The van der Waals surface area contributed by atoms with Crippen LogP contribution < -0.4 is 5.32 Å². The normalized spacial score (nSPS) is 11.9. The number of aromatic amines is 1. The lowest BCUT2D eigenvalue weighted by atomic mass is 9.88. The number of amides is 1. The highest BCUT2D eigenvalue weighted by atomic mass is 35.5. The van der Waals surface area contributed by atoms with Crippen molar-refractivity contribution < 1.29 is 9.72 Å². The molecule has 1 atom stereocenters. The second-order valence-corrected chi connectivity index (χ2v) is 7.61. The van der Waals surface area contributed by atoms with E-state index in [1.165, 1.54) is 12.1 Å². The van der Waals surface area contributed by atoms with Crippen molar-refractivity contribution in [1.82, 2.24) is 15.3 Å². The molecule has 4 rings (SSSR count). The molecule has 0 saturated carbocycles. The van der Waals surface area contributed by atoms with Crippen molar-refractivity contribution in [2.45, 2.75) is 18.9 Å². The van der Waals surface area contributed by atoms with Gasteiger partial charge in [-0.1, -0.05) is 23.7 Å². The van der Waals surface area contributed by atoms with Gasteiger partial charge in [-0.15, -0.1) is 0 Å². The zero-order chi connectivity index (χ0) is 21.8. The topological polar surface area (TPSA) is 101 Å². The smallest absolute Gasteiger partial charge is 0.270 e. The van der Waals surface area contributed by atoms with Gasteiger partial charge in [-0.05, 0) is 47.0 Å². The van der Waals surface area contributed by atoms with Gasteiger partial charge >= 0.3 is 0 Å². The van der Waals surface area contributed by atoms with E-state index in [0.29, 0.717) is 17.0 Å². The van der Waals surface area contributed by atoms with Crippen molar-refractivity contribution in [2.24, 2.45) is 0 Å². The number of nitro groups is 1. The monoisotopic (exact) mass is 434 g/mol. The van der Waals surface area contributed by atoms with Crippen LogP contribution in [0.3, 0.4) is 0 Å². The second kappa shape index (κ2) is 8.97. The molecule has 0 saturated heterocycles. The Morgan fingerprint density at radius 2 is 1.97 bits per heavy atom. The van der Waals surface area contributed by atoms with E-state index in [9.17, 15) is 14.9 Å². The van der Waals surface area contributed by atoms with Gasteiger partial charge in [0.2, 0.25) is 5.91 Å². The summed E-state index contributed by atoms with van der Waals surface area (Å²) >= 11 is 6.21. The summed E-state index contributed by atoms with van der Waals surface area (Å²) in [5, 5.41) is 15.5. The van der Waals surface area contributed by atoms with Crippen molar-refractivity contribution in [2.75, 3.05) is 0 Å². The molecule has 7 nitrogen and oxygen atoms in total. The van der Waals surface area contributed by atoms with Crippen molar-refractivity contribution >= 4 is 34.1 Å². The first-order valence-corrected chi connectivity index (χ1v) is 10.1. The van der Waals surface area contributed by atoms with E-state index in [0.717, 1.165) is 22.2 Å². The molecule has 0 bridgehead atoms. The SMILES string of the molecule is O=C(CC(c1cccc(Cl)c1)c1c[nH]c2ccc([N+](=O)[O-])cc12)NCc1ccncc1. The van der Waals surface area contributed by atoms with E-state index in [4.69, 9.17) is 11.6 Å². The minimum Gasteiger partial charge on any atom is -0.361 e. The molecule has 2 heterocycles. The molecule has 31 heavy (non-hydrogen) atoms. The average molecular weight is 435 g/mol. The highest BCUT2D eigenvalue weighted by Crippen LogP contribution is 2.35. The number of aromatic nitrogens is 2. The Kier molecular flexibility index (Phi) is 5.95. The highest BCUT2D eigenvalue weighted by molar-refractivity contribution is 6.30. The van der Waals surface area contributed by atoms with Gasteiger partial charge in [0, 0.05) is 65.5 Å². The molecule has 8 heteroatoms. The number of halogens is 1. The van der Waals surface area contributed by atoms with Crippen LogP contribution >= 0.6 is 11.6 Å². The number of nitrogens with zero attached hydrogens (tertiary/aromatic N) is 2. The first-order valence-electron chi connectivity index (χ1n) is 9.68. The number of nitrogens with one attached hydrogen (secondary N) is 2. The number of fused-ring (bicyclic) bond motifs is 1. The molecule has 1 unspecified atom stereocenters. The van der Waals surface area contributed by atoms with Gasteiger partial charge in [0.25, 0.3) is 5.69 Å². The standard InChI is InChI=1S/C23H19ClN4O3/c24-17-3-1-2-16(10-17)19(12-23(29)27-13-15-6-8-25-9-7-15)21-14-26-22-5-4-18(28(30)31)11-20(21)22/h1-11,14,19,26H,12-13H2,(H,27,29). The first-order chi connectivity index (χ1) is 15.0. The molecule has 2 aromatic heterocycles. The van der Waals surface area contributed by atoms with Crippen LogP contribution in [-0.2, 0) is 11.3 Å². The fraction of sp³-hybridized carbons (Fsp3) is 0.130. The molecule has 156 valence electrons. The Balaban J connectivity index is 1.67. The minimum absolute atomic E-state index is 0.000308. The third-order valence-electron chi connectivity index (χ3n) is 5.16. The third-order valence-corrected chi connectivity index (χ3v) is 5.40. The van der Waals surface area contributed by atoms with Crippen molar-refractivity contribution in [3.8, 4) is 0 Å². The van der Waals surface area contributed by atoms with Crippen LogP contribution in [-0.4, -0.2) is 20.8 Å². The van der Waals surface area contributed by atoms with E-state index in [-0.39, 0.29) is 23.9 Å².